The molecule has 1 heterocycles. The number of para-hydroxylation sites is 1. The highest BCUT2D eigenvalue weighted by Crippen LogP contribution is 2.26. The van der Waals surface area contributed by atoms with E-state index in [9.17, 15) is 0 Å². The molecule has 0 spiro atoms. The summed E-state index contributed by atoms with van der Waals surface area (Å²) in [6, 6.07) is 8.11. The summed E-state index contributed by atoms with van der Waals surface area (Å²) < 4.78 is 5.35. The topological polar surface area (TPSA) is 9.23 Å². The van der Waals surface area contributed by atoms with Crippen LogP contribution >= 0.6 is 11.8 Å². The van der Waals surface area contributed by atoms with Crippen LogP contribution in [-0.4, -0.2) is 0 Å². The molecule has 0 saturated heterocycles. The molecule has 1 aromatic rings. The fraction of sp³-hybridized carbons (Fsp3) is 0.111. The summed E-state index contributed by atoms with van der Waals surface area (Å²) in [5.41, 5.74) is 1.27. The summed E-state index contributed by atoms with van der Waals surface area (Å²) in [5.74, 6) is 1.99. The van der Waals surface area contributed by atoms with Crippen LogP contribution in [-0.2, 0) is 5.75 Å². The SMILES string of the molecule is C1=CSCc2ccccc2O1. The normalized spacial score (nSPS) is 14.9. The highest BCUT2D eigenvalue weighted by molar-refractivity contribution is 8.01. The van der Waals surface area contributed by atoms with E-state index < -0.39 is 0 Å². The minimum absolute atomic E-state index is 0.980. The zero-order valence-corrected chi connectivity index (χ0v) is 6.80. The lowest BCUT2D eigenvalue weighted by Gasteiger charge is -2.02. The molecule has 0 radical (unpaired) electrons. The van der Waals surface area contributed by atoms with Crippen molar-refractivity contribution in [3.8, 4) is 5.75 Å². The number of fused-ring (bicyclic) bond motifs is 1. The van der Waals surface area contributed by atoms with Crippen molar-refractivity contribution >= 4 is 11.8 Å². The van der Waals surface area contributed by atoms with Crippen LogP contribution in [0.1, 0.15) is 5.56 Å². The molecule has 0 bridgehead atoms. The third-order valence-corrected chi connectivity index (χ3v) is 2.34. The molecule has 56 valence electrons. The molecule has 2 heteroatoms. The average Bonchev–Trinajstić information content (AvgIpc) is 2.28. The number of thioether (sulfide) groups is 1. The number of hydrogen-bond donors (Lipinski definition) is 0. The molecule has 0 saturated carbocycles. The molecule has 0 aliphatic carbocycles. The van der Waals surface area contributed by atoms with Gasteiger partial charge in [-0.3, -0.25) is 0 Å². The van der Waals surface area contributed by atoms with Crippen molar-refractivity contribution in [2.24, 2.45) is 0 Å². The summed E-state index contributed by atoms with van der Waals surface area (Å²) in [7, 11) is 0. The molecular weight excluding hydrogens is 156 g/mol. The Morgan fingerprint density at radius 2 is 2.18 bits per heavy atom. The Labute approximate surface area is 70.1 Å². The van der Waals surface area contributed by atoms with Crippen LogP contribution in [0.25, 0.3) is 0 Å². The Balaban J connectivity index is 2.40. The van der Waals surface area contributed by atoms with Gasteiger partial charge in [0.25, 0.3) is 0 Å². The maximum Gasteiger partial charge on any atom is 0.130 e. The van der Waals surface area contributed by atoms with E-state index in [0.717, 1.165) is 11.5 Å². The average molecular weight is 164 g/mol. The zero-order chi connectivity index (χ0) is 7.52. The van der Waals surface area contributed by atoms with E-state index >= 15 is 0 Å². The van der Waals surface area contributed by atoms with Crippen molar-refractivity contribution in [1.82, 2.24) is 0 Å². The number of rotatable bonds is 0. The second-order valence-corrected chi connectivity index (χ2v) is 3.20. The van der Waals surface area contributed by atoms with Gasteiger partial charge in [-0.15, -0.1) is 11.8 Å². The fourth-order valence-corrected chi connectivity index (χ4v) is 1.66. The van der Waals surface area contributed by atoms with Crippen molar-refractivity contribution in [3.63, 3.8) is 0 Å². The molecule has 0 amide bonds. The molecule has 1 aromatic carbocycles. The van der Waals surface area contributed by atoms with E-state index in [1.54, 1.807) is 18.0 Å². The van der Waals surface area contributed by atoms with Gasteiger partial charge in [0, 0.05) is 16.7 Å². The first kappa shape index (κ1) is 6.80. The van der Waals surface area contributed by atoms with E-state index in [2.05, 4.69) is 6.07 Å². The van der Waals surface area contributed by atoms with Gasteiger partial charge in [-0.05, 0) is 6.07 Å². The predicted molar refractivity (Wildman–Crippen MR) is 47.5 cm³/mol. The third kappa shape index (κ3) is 1.40. The van der Waals surface area contributed by atoms with Gasteiger partial charge in [0.05, 0.1) is 6.26 Å². The Morgan fingerprint density at radius 3 is 3.18 bits per heavy atom. The number of hydrogen-bond acceptors (Lipinski definition) is 2. The quantitative estimate of drug-likeness (QED) is 0.583. The van der Waals surface area contributed by atoms with Gasteiger partial charge in [-0.1, -0.05) is 18.2 Å². The molecule has 0 N–H and O–H groups in total. The van der Waals surface area contributed by atoms with Crippen LogP contribution in [0.5, 0.6) is 5.75 Å². The molecule has 0 unspecified atom stereocenters. The van der Waals surface area contributed by atoms with Gasteiger partial charge in [0.1, 0.15) is 5.75 Å². The second-order valence-electron chi connectivity index (χ2n) is 2.31. The van der Waals surface area contributed by atoms with Crippen LogP contribution in [0, 0.1) is 0 Å². The highest BCUT2D eigenvalue weighted by atomic mass is 32.2. The fourth-order valence-electron chi connectivity index (χ4n) is 1.02. The Morgan fingerprint density at radius 1 is 1.27 bits per heavy atom. The summed E-state index contributed by atoms with van der Waals surface area (Å²) in [4.78, 5) is 0. The van der Waals surface area contributed by atoms with Crippen LogP contribution in [0.15, 0.2) is 35.9 Å². The van der Waals surface area contributed by atoms with Crippen molar-refractivity contribution in [3.05, 3.63) is 41.5 Å². The lowest BCUT2D eigenvalue weighted by Crippen LogP contribution is -1.84. The van der Waals surface area contributed by atoms with Gasteiger partial charge in [-0.25, -0.2) is 0 Å². The van der Waals surface area contributed by atoms with Crippen molar-refractivity contribution in [1.29, 1.82) is 0 Å². The minimum Gasteiger partial charge on any atom is -0.464 e. The molecule has 2 rings (SSSR count). The first-order chi connectivity index (χ1) is 5.47. The molecule has 1 nitrogen and oxygen atoms in total. The van der Waals surface area contributed by atoms with E-state index in [0.29, 0.717) is 0 Å². The van der Waals surface area contributed by atoms with Gasteiger partial charge in [-0.2, -0.15) is 0 Å². The van der Waals surface area contributed by atoms with Crippen LogP contribution in [0.4, 0.5) is 0 Å². The second kappa shape index (κ2) is 3.01. The third-order valence-electron chi connectivity index (χ3n) is 1.56. The molecule has 1 aliphatic heterocycles. The minimum atomic E-state index is 0.980. The number of ether oxygens (including phenoxy) is 1. The van der Waals surface area contributed by atoms with Gasteiger partial charge >= 0.3 is 0 Å². The van der Waals surface area contributed by atoms with Gasteiger partial charge in [0.15, 0.2) is 0 Å². The van der Waals surface area contributed by atoms with Crippen molar-refractivity contribution in [2.45, 2.75) is 5.75 Å². The smallest absolute Gasteiger partial charge is 0.130 e. The first-order valence-corrected chi connectivity index (χ1v) is 4.53. The lowest BCUT2D eigenvalue weighted by molar-refractivity contribution is 0.479. The Bertz CT molecular complexity index is 281. The number of benzene rings is 1. The standard InChI is InChI=1S/C9H8OS/c1-2-4-9-8(3-1)7-11-6-5-10-9/h1-6H,7H2. The summed E-state index contributed by atoms with van der Waals surface area (Å²) in [6.45, 7) is 0. The lowest BCUT2D eigenvalue weighted by atomic mass is 10.2. The molecular formula is C9H8OS. The highest BCUT2D eigenvalue weighted by Gasteiger charge is 2.02. The van der Waals surface area contributed by atoms with Crippen molar-refractivity contribution in [2.75, 3.05) is 0 Å². The Kier molecular flexibility index (Phi) is 1.86. The summed E-state index contributed by atoms with van der Waals surface area (Å²) >= 11 is 1.75. The largest absolute Gasteiger partial charge is 0.464 e. The van der Waals surface area contributed by atoms with Crippen molar-refractivity contribution < 1.29 is 4.74 Å². The summed E-state index contributed by atoms with van der Waals surface area (Å²) in [5, 5.41) is 1.97. The molecule has 0 fully saturated rings. The maximum atomic E-state index is 5.35. The summed E-state index contributed by atoms with van der Waals surface area (Å²) in [6.07, 6.45) is 1.73. The Hall–Kier alpha value is -0.890. The molecule has 11 heavy (non-hydrogen) atoms. The monoisotopic (exact) mass is 164 g/mol. The predicted octanol–water partition coefficient (Wildman–Crippen LogP) is 2.78. The van der Waals surface area contributed by atoms with Gasteiger partial charge < -0.3 is 4.74 Å². The molecule has 1 aliphatic rings. The van der Waals surface area contributed by atoms with Gasteiger partial charge in [0.2, 0.25) is 0 Å². The van der Waals surface area contributed by atoms with Crippen LogP contribution in [0.3, 0.4) is 0 Å². The van der Waals surface area contributed by atoms with E-state index in [1.165, 1.54) is 5.56 Å². The van der Waals surface area contributed by atoms with E-state index in [-0.39, 0.29) is 0 Å². The van der Waals surface area contributed by atoms with E-state index in [4.69, 9.17) is 4.74 Å². The van der Waals surface area contributed by atoms with Crippen LogP contribution < -0.4 is 4.74 Å². The maximum absolute atomic E-state index is 5.35. The first-order valence-electron chi connectivity index (χ1n) is 3.48. The van der Waals surface area contributed by atoms with E-state index in [1.807, 2.05) is 23.6 Å². The van der Waals surface area contributed by atoms with Crippen LogP contribution in [0.2, 0.25) is 0 Å². The molecule has 0 atom stereocenters. The zero-order valence-electron chi connectivity index (χ0n) is 5.99. The molecule has 0 aromatic heterocycles.